The molecular weight excluding hydrogens is 312 g/mol. The minimum Gasteiger partial charge on any atom is -0.413 e. The van der Waals surface area contributed by atoms with Crippen LogP contribution in [0.5, 0.6) is 0 Å². The Morgan fingerprint density at radius 2 is 1.48 bits per heavy atom. The fraction of sp³-hybridized carbons (Fsp3) is 0.300. The Kier molecular flexibility index (Phi) is 4.45. The van der Waals surface area contributed by atoms with Crippen molar-refractivity contribution >= 4 is 26.8 Å². The van der Waals surface area contributed by atoms with Gasteiger partial charge >= 0.3 is 0 Å². The molecule has 0 radical (unpaired) electrons. The van der Waals surface area contributed by atoms with Gasteiger partial charge in [0, 0.05) is 6.61 Å². The maximum absolute atomic E-state index is 6.19. The van der Waals surface area contributed by atoms with Crippen molar-refractivity contribution in [2.24, 2.45) is 0 Å². The van der Waals surface area contributed by atoms with E-state index in [1.807, 2.05) is 0 Å². The SMILES string of the molecule is C[Si]1(C)OCC/C1=C(/c1ccccc1)[Si](C)(C)c1ccccc1. The van der Waals surface area contributed by atoms with Crippen molar-refractivity contribution < 1.29 is 4.43 Å². The van der Waals surface area contributed by atoms with Crippen LogP contribution in [0.3, 0.4) is 0 Å². The van der Waals surface area contributed by atoms with Crippen LogP contribution in [0.25, 0.3) is 5.20 Å². The number of rotatable bonds is 3. The molecule has 0 N–H and O–H groups in total. The minimum atomic E-state index is -1.77. The molecule has 1 saturated heterocycles. The lowest BCUT2D eigenvalue weighted by molar-refractivity contribution is 0.350. The van der Waals surface area contributed by atoms with Crippen LogP contribution in [0.2, 0.25) is 26.2 Å². The summed E-state index contributed by atoms with van der Waals surface area (Å²) in [7, 11) is -3.51. The van der Waals surface area contributed by atoms with Crippen molar-refractivity contribution in [2.45, 2.75) is 32.6 Å². The summed E-state index contributed by atoms with van der Waals surface area (Å²) in [5.41, 5.74) is 1.40. The topological polar surface area (TPSA) is 9.23 Å². The van der Waals surface area contributed by atoms with Crippen LogP contribution >= 0.6 is 0 Å². The third-order valence-corrected chi connectivity index (χ3v) is 11.8. The van der Waals surface area contributed by atoms with E-state index >= 15 is 0 Å². The molecule has 3 rings (SSSR count). The Bertz CT molecular complexity index is 703. The van der Waals surface area contributed by atoms with Crippen molar-refractivity contribution in [2.75, 3.05) is 6.61 Å². The number of benzene rings is 2. The first-order valence-electron chi connectivity index (χ1n) is 8.42. The highest BCUT2D eigenvalue weighted by Gasteiger charge is 2.41. The van der Waals surface area contributed by atoms with Crippen molar-refractivity contribution in [3.05, 3.63) is 71.4 Å². The van der Waals surface area contributed by atoms with Crippen molar-refractivity contribution in [3.8, 4) is 0 Å². The second-order valence-corrected chi connectivity index (χ2v) is 15.6. The van der Waals surface area contributed by atoms with Crippen LogP contribution in [0.4, 0.5) is 0 Å². The van der Waals surface area contributed by atoms with Gasteiger partial charge < -0.3 is 4.43 Å². The molecule has 23 heavy (non-hydrogen) atoms. The lowest BCUT2D eigenvalue weighted by Crippen LogP contribution is -2.45. The first kappa shape index (κ1) is 16.4. The third-order valence-electron chi connectivity index (χ3n) is 5.03. The number of hydrogen-bond acceptors (Lipinski definition) is 1. The van der Waals surface area contributed by atoms with E-state index < -0.39 is 16.4 Å². The monoisotopic (exact) mass is 338 g/mol. The minimum absolute atomic E-state index is 0.893. The van der Waals surface area contributed by atoms with Crippen LogP contribution in [-0.2, 0) is 4.43 Å². The average molecular weight is 339 g/mol. The van der Waals surface area contributed by atoms with E-state index in [1.54, 1.807) is 10.4 Å². The number of hydrogen-bond donors (Lipinski definition) is 0. The van der Waals surface area contributed by atoms with E-state index in [0.29, 0.717) is 0 Å². The normalized spacial score (nSPS) is 19.7. The first-order chi connectivity index (χ1) is 10.9. The fourth-order valence-electron chi connectivity index (χ4n) is 3.74. The van der Waals surface area contributed by atoms with E-state index in [4.69, 9.17) is 4.43 Å². The van der Waals surface area contributed by atoms with Crippen LogP contribution in [0.1, 0.15) is 12.0 Å². The quantitative estimate of drug-likeness (QED) is 0.733. The summed E-state index contributed by atoms with van der Waals surface area (Å²) in [5, 5.41) is 4.74. The molecule has 0 unspecified atom stereocenters. The molecule has 1 fully saturated rings. The summed E-state index contributed by atoms with van der Waals surface area (Å²) in [4.78, 5) is 0. The maximum atomic E-state index is 6.19. The molecule has 0 amide bonds. The summed E-state index contributed by atoms with van der Waals surface area (Å²) >= 11 is 0. The molecule has 0 saturated carbocycles. The zero-order chi connectivity index (χ0) is 16.5. The zero-order valence-corrected chi connectivity index (χ0v) is 16.6. The van der Waals surface area contributed by atoms with Gasteiger partial charge in [0.05, 0.1) is 0 Å². The van der Waals surface area contributed by atoms with E-state index in [0.717, 1.165) is 13.0 Å². The van der Waals surface area contributed by atoms with E-state index in [-0.39, 0.29) is 0 Å². The maximum Gasteiger partial charge on any atom is 0.214 e. The molecule has 0 aromatic heterocycles. The van der Waals surface area contributed by atoms with Gasteiger partial charge in [-0.1, -0.05) is 84.1 Å². The van der Waals surface area contributed by atoms with Gasteiger partial charge in [-0.3, -0.25) is 0 Å². The summed E-state index contributed by atoms with van der Waals surface area (Å²) in [6.45, 7) is 10.6. The van der Waals surface area contributed by atoms with Crippen LogP contribution in [-0.4, -0.2) is 23.0 Å². The molecule has 1 nitrogen and oxygen atoms in total. The predicted molar refractivity (Wildman–Crippen MR) is 105 cm³/mol. The first-order valence-corrected chi connectivity index (χ1v) is 14.3. The zero-order valence-electron chi connectivity index (χ0n) is 14.6. The smallest absolute Gasteiger partial charge is 0.214 e. The summed E-state index contributed by atoms with van der Waals surface area (Å²) in [5.74, 6) is 0. The molecule has 120 valence electrons. The van der Waals surface area contributed by atoms with E-state index in [2.05, 4.69) is 86.9 Å². The Morgan fingerprint density at radius 1 is 0.913 bits per heavy atom. The van der Waals surface area contributed by atoms with Gasteiger partial charge in [0.2, 0.25) is 8.32 Å². The van der Waals surface area contributed by atoms with Crippen LogP contribution in [0, 0.1) is 0 Å². The molecule has 0 bridgehead atoms. The molecule has 0 atom stereocenters. The largest absolute Gasteiger partial charge is 0.413 e. The molecule has 0 aliphatic carbocycles. The van der Waals surface area contributed by atoms with Crippen molar-refractivity contribution in [1.82, 2.24) is 0 Å². The predicted octanol–water partition coefficient (Wildman–Crippen LogP) is 4.76. The molecule has 1 aliphatic heterocycles. The van der Waals surface area contributed by atoms with Crippen molar-refractivity contribution in [1.29, 1.82) is 0 Å². The fourth-order valence-corrected chi connectivity index (χ4v) is 10.9. The highest BCUT2D eigenvalue weighted by molar-refractivity contribution is 7.06. The molecule has 2 aromatic rings. The van der Waals surface area contributed by atoms with E-state index in [9.17, 15) is 0 Å². The second-order valence-electron chi connectivity index (χ2n) is 7.32. The lowest BCUT2D eigenvalue weighted by Gasteiger charge is -2.32. The average Bonchev–Trinajstić information content (AvgIpc) is 2.89. The van der Waals surface area contributed by atoms with Gasteiger partial charge in [0.1, 0.15) is 8.07 Å². The molecule has 3 heteroatoms. The van der Waals surface area contributed by atoms with Crippen molar-refractivity contribution in [3.63, 3.8) is 0 Å². The van der Waals surface area contributed by atoms with Gasteiger partial charge in [0.25, 0.3) is 0 Å². The van der Waals surface area contributed by atoms with E-state index in [1.165, 1.54) is 10.8 Å². The third kappa shape index (κ3) is 3.14. The second kappa shape index (κ2) is 6.23. The lowest BCUT2D eigenvalue weighted by atomic mass is 10.2. The Balaban J connectivity index is 2.24. The molecule has 1 aliphatic rings. The summed E-state index contributed by atoms with van der Waals surface area (Å²) in [6, 6.07) is 22.1. The van der Waals surface area contributed by atoms with Gasteiger partial charge in [-0.05, 0) is 30.3 Å². The Hall–Kier alpha value is -1.43. The highest BCUT2D eigenvalue weighted by Crippen LogP contribution is 2.38. The Morgan fingerprint density at radius 3 is 2.00 bits per heavy atom. The molecular formula is C20H26OSi2. The molecule has 0 spiro atoms. The summed E-state index contributed by atoms with van der Waals surface area (Å²) < 4.78 is 6.19. The van der Waals surface area contributed by atoms with Crippen LogP contribution < -0.4 is 5.19 Å². The summed E-state index contributed by atoms with van der Waals surface area (Å²) in [6.07, 6.45) is 1.10. The van der Waals surface area contributed by atoms with Gasteiger partial charge in [-0.25, -0.2) is 0 Å². The van der Waals surface area contributed by atoms with Gasteiger partial charge in [-0.2, -0.15) is 0 Å². The molecule has 2 aromatic carbocycles. The Labute approximate surface area is 142 Å². The highest BCUT2D eigenvalue weighted by atomic mass is 28.4. The van der Waals surface area contributed by atoms with Gasteiger partial charge in [0.15, 0.2) is 0 Å². The molecule has 1 heterocycles. The van der Waals surface area contributed by atoms with Gasteiger partial charge in [-0.15, -0.1) is 0 Å². The van der Waals surface area contributed by atoms with Crippen LogP contribution in [0.15, 0.2) is 65.9 Å². The standard InChI is InChI=1S/C20H26OSi2/c1-22(2,18-13-9-6-10-14-18)20(17-11-7-5-8-12-17)19-15-16-21-23(19,3)4/h5-14H,15-16H2,1-4H3/b20-19+.